The van der Waals surface area contributed by atoms with Crippen LogP contribution in [0, 0.1) is 5.41 Å². The predicted molar refractivity (Wildman–Crippen MR) is 131 cm³/mol. The molecule has 2 aromatic carbocycles. The van der Waals surface area contributed by atoms with Crippen molar-refractivity contribution in [3.05, 3.63) is 48.0 Å². The number of hydrogen-bond acceptors (Lipinski definition) is 4. The van der Waals surface area contributed by atoms with E-state index in [0.29, 0.717) is 12.6 Å². The van der Waals surface area contributed by atoms with Crippen molar-refractivity contribution >= 4 is 29.0 Å². The molecule has 5 heteroatoms. The number of rotatable bonds is 6. The van der Waals surface area contributed by atoms with Gasteiger partial charge in [-0.1, -0.05) is 44.7 Å². The smallest absolute Gasteiger partial charge is 0.251 e. The maximum absolute atomic E-state index is 12.9. The third-order valence-corrected chi connectivity index (χ3v) is 7.28. The first-order chi connectivity index (χ1) is 14.8. The van der Waals surface area contributed by atoms with Gasteiger partial charge in [0.1, 0.15) is 0 Å². The van der Waals surface area contributed by atoms with E-state index in [2.05, 4.69) is 79.2 Å². The third kappa shape index (κ3) is 5.27. The Hall–Kier alpha value is -1.98. The molecule has 2 heterocycles. The maximum Gasteiger partial charge on any atom is 0.251 e. The SMILES string of the molecule is C[C@H](CN1CCCC1)N1c2ccccc2Sc2ccc(C(=O)NCCC(C)(C)C)cc21. The molecule has 1 amide bonds. The number of nitrogens with zero attached hydrogens (tertiary/aromatic N) is 2. The van der Waals surface area contributed by atoms with Crippen LogP contribution in [0.15, 0.2) is 52.3 Å². The minimum atomic E-state index is 0.0167. The third-order valence-electron chi connectivity index (χ3n) is 6.15. The standard InChI is InChI=1S/C26H35N3OS/c1-19(18-28-15-7-8-16-28)29-21-9-5-6-10-23(21)31-24-12-11-20(17-22(24)29)25(30)27-14-13-26(2,3)4/h5-6,9-12,17,19H,7-8,13-16,18H2,1-4H3,(H,27,30)/t19-/m1/s1. The highest BCUT2D eigenvalue weighted by atomic mass is 32.2. The quantitative estimate of drug-likeness (QED) is 0.607. The summed E-state index contributed by atoms with van der Waals surface area (Å²) in [6.45, 7) is 13.0. The summed E-state index contributed by atoms with van der Waals surface area (Å²) >= 11 is 1.80. The fourth-order valence-corrected chi connectivity index (χ4v) is 5.52. The minimum absolute atomic E-state index is 0.0167. The van der Waals surface area contributed by atoms with E-state index in [0.717, 1.165) is 24.2 Å². The van der Waals surface area contributed by atoms with Gasteiger partial charge in [-0.15, -0.1) is 0 Å². The molecule has 4 rings (SSSR count). The van der Waals surface area contributed by atoms with E-state index >= 15 is 0 Å². The number of benzene rings is 2. The van der Waals surface area contributed by atoms with Gasteiger partial charge < -0.3 is 15.1 Å². The number of nitrogens with one attached hydrogen (secondary N) is 1. The van der Waals surface area contributed by atoms with Crippen LogP contribution in [0.5, 0.6) is 0 Å². The summed E-state index contributed by atoms with van der Waals surface area (Å²) in [5.74, 6) is 0.0167. The van der Waals surface area contributed by atoms with Crippen molar-refractivity contribution in [1.29, 1.82) is 0 Å². The zero-order valence-electron chi connectivity index (χ0n) is 19.3. The molecular formula is C26H35N3OS. The molecule has 1 N–H and O–H groups in total. The first-order valence-corrected chi connectivity index (χ1v) is 12.3. The summed E-state index contributed by atoms with van der Waals surface area (Å²) in [6, 6.07) is 15.1. The lowest BCUT2D eigenvalue weighted by Gasteiger charge is -2.39. The molecule has 166 valence electrons. The van der Waals surface area contributed by atoms with Crippen LogP contribution >= 0.6 is 11.8 Å². The van der Waals surface area contributed by atoms with Crippen molar-refractivity contribution < 1.29 is 4.79 Å². The molecule has 2 aliphatic heterocycles. The summed E-state index contributed by atoms with van der Waals surface area (Å²) in [7, 11) is 0. The Kier molecular flexibility index (Phi) is 6.63. The van der Waals surface area contributed by atoms with Gasteiger partial charge in [0, 0.05) is 34.5 Å². The Bertz CT molecular complexity index is 930. The van der Waals surface area contributed by atoms with E-state index in [1.54, 1.807) is 11.8 Å². The fraction of sp³-hybridized carbons (Fsp3) is 0.500. The van der Waals surface area contributed by atoms with Crippen molar-refractivity contribution in [2.45, 2.75) is 62.8 Å². The van der Waals surface area contributed by atoms with Gasteiger partial charge in [0.25, 0.3) is 5.91 Å². The summed E-state index contributed by atoms with van der Waals surface area (Å²) in [5.41, 5.74) is 3.35. The second-order valence-electron chi connectivity index (χ2n) is 10.0. The molecule has 31 heavy (non-hydrogen) atoms. The normalized spacial score (nSPS) is 17.2. The van der Waals surface area contributed by atoms with Gasteiger partial charge in [0.2, 0.25) is 0 Å². The van der Waals surface area contributed by atoms with Crippen LogP contribution in [0.25, 0.3) is 0 Å². The Balaban J connectivity index is 1.60. The Labute approximate surface area is 191 Å². The maximum atomic E-state index is 12.9. The molecule has 0 saturated carbocycles. The molecule has 0 aliphatic carbocycles. The van der Waals surface area contributed by atoms with Crippen molar-refractivity contribution in [1.82, 2.24) is 10.2 Å². The second kappa shape index (κ2) is 9.25. The van der Waals surface area contributed by atoms with Crippen molar-refractivity contribution in [3.63, 3.8) is 0 Å². The Morgan fingerprint density at radius 2 is 1.77 bits per heavy atom. The summed E-state index contributed by atoms with van der Waals surface area (Å²) < 4.78 is 0. The topological polar surface area (TPSA) is 35.6 Å². The van der Waals surface area contributed by atoms with E-state index in [4.69, 9.17) is 0 Å². The van der Waals surface area contributed by atoms with E-state index < -0.39 is 0 Å². The van der Waals surface area contributed by atoms with Crippen molar-refractivity contribution in [2.75, 3.05) is 31.1 Å². The number of para-hydroxylation sites is 1. The molecule has 0 radical (unpaired) electrons. The van der Waals surface area contributed by atoms with Crippen LogP contribution in [-0.4, -0.2) is 43.0 Å². The van der Waals surface area contributed by atoms with Crippen LogP contribution in [0.3, 0.4) is 0 Å². The molecule has 1 atom stereocenters. The van der Waals surface area contributed by atoms with Crippen LogP contribution in [0.2, 0.25) is 0 Å². The van der Waals surface area contributed by atoms with Gasteiger partial charge in [0.15, 0.2) is 0 Å². The van der Waals surface area contributed by atoms with E-state index in [1.807, 2.05) is 6.07 Å². The van der Waals surface area contributed by atoms with Gasteiger partial charge in [-0.3, -0.25) is 4.79 Å². The molecular weight excluding hydrogens is 402 g/mol. The number of hydrogen-bond donors (Lipinski definition) is 1. The van der Waals surface area contributed by atoms with E-state index in [1.165, 1.54) is 41.4 Å². The average Bonchev–Trinajstić information content (AvgIpc) is 3.23. The first kappa shape index (κ1) is 22.2. The summed E-state index contributed by atoms with van der Waals surface area (Å²) in [4.78, 5) is 20.4. The number of anilines is 2. The van der Waals surface area contributed by atoms with E-state index in [9.17, 15) is 4.79 Å². The van der Waals surface area contributed by atoms with Crippen LogP contribution in [0.4, 0.5) is 11.4 Å². The lowest BCUT2D eigenvalue weighted by molar-refractivity contribution is 0.0949. The van der Waals surface area contributed by atoms with Gasteiger partial charge in [-0.2, -0.15) is 0 Å². The van der Waals surface area contributed by atoms with Crippen LogP contribution < -0.4 is 10.2 Å². The molecule has 4 nitrogen and oxygen atoms in total. The highest BCUT2D eigenvalue weighted by molar-refractivity contribution is 7.99. The largest absolute Gasteiger partial charge is 0.352 e. The van der Waals surface area contributed by atoms with E-state index in [-0.39, 0.29) is 11.3 Å². The fourth-order valence-electron chi connectivity index (χ4n) is 4.47. The van der Waals surface area contributed by atoms with Crippen LogP contribution in [-0.2, 0) is 0 Å². The molecule has 0 bridgehead atoms. The molecule has 0 aromatic heterocycles. The highest BCUT2D eigenvalue weighted by Gasteiger charge is 2.29. The van der Waals surface area contributed by atoms with Gasteiger partial charge in [-0.25, -0.2) is 0 Å². The van der Waals surface area contributed by atoms with Crippen molar-refractivity contribution in [2.24, 2.45) is 5.41 Å². The highest BCUT2D eigenvalue weighted by Crippen LogP contribution is 2.49. The van der Waals surface area contributed by atoms with Gasteiger partial charge >= 0.3 is 0 Å². The monoisotopic (exact) mass is 437 g/mol. The zero-order chi connectivity index (χ0) is 22.0. The number of likely N-dealkylation sites (tertiary alicyclic amines) is 1. The predicted octanol–water partition coefficient (Wildman–Crippen LogP) is 5.94. The Morgan fingerprint density at radius 3 is 2.52 bits per heavy atom. The van der Waals surface area contributed by atoms with Gasteiger partial charge in [-0.05, 0) is 75.0 Å². The summed E-state index contributed by atoms with van der Waals surface area (Å²) in [6.07, 6.45) is 3.56. The summed E-state index contributed by atoms with van der Waals surface area (Å²) in [5, 5.41) is 3.11. The first-order valence-electron chi connectivity index (χ1n) is 11.5. The number of carbonyl (C=O) groups is 1. The number of fused-ring (bicyclic) bond motifs is 2. The molecule has 0 spiro atoms. The lowest BCUT2D eigenvalue weighted by Crippen LogP contribution is -2.40. The molecule has 2 aromatic rings. The van der Waals surface area contributed by atoms with Gasteiger partial charge in [0.05, 0.1) is 11.4 Å². The number of amides is 1. The Morgan fingerprint density at radius 1 is 1.06 bits per heavy atom. The minimum Gasteiger partial charge on any atom is -0.352 e. The second-order valence-corrected chi connectivity index (χ2v) is 11.1. The van der Waals surface area contributed by atoms with Crippen molar-refractivity contribution in [3.8, 4) is 0 Å². The molecule has 2 aliphatic rings. The molecule has 1 fully saturated rings. The molecule has 0 unspecified atom stereocenters. The van der Waals surface area contributed by atoms with Crippen LogP contribution in [0.1, 0.15) is 57.3 Å². The number of carbonyl (C=O) groups excluding carboxylic acids is 1. The average molecular weight is 438 g/mol. The lowest BCUT2D eigenvalue weighted by atomic mass is 9.92. The zero-order valence-corrected chi connectivity index (χ0v) is 20.1. The molecule has 1 saturated heterocycles.